The predicted octanol–water partition coefficient (Wildman–Crippen LogP) is 1.15. The van der Waals surface area contributed by atoms with Crippen LogP contribution in [0.5, 0.6) is 0 Å². The molecule has 116 valence electrons. The predicted molar refractivity (Wildman–Crippen MR) is 80.9 cm³/mol. The number of carboxylic acid groups (broad SMARTS) is 1. The van der Waals surface area contributed by atoms with Gasteiger partial charge in [0.1, 0.15) is 0 Å². The first kappa shape index (κ1) is 14.7. The quantitative estimate of drug-likeness (QED) is 0.900. The number of thiazole rings is 1. The lowest BCUT2D eigenvalue weighted by Crippen LogP contribution is -2.53. The van der Waals surface area contributed by atoms with E-state index in [0.717, 1.165) is 31.3 Å². The number of anilines is 1. The molecule has 2 saturated heterocycles. The molecule has 21 heavy (non-hydrogen) atoms. The molecule has 0 amide bonds. The Balaban J connectivity index is 1.57. The van der Waals surface area contributed by atoms with Crippen molar-refractivity contribution in [1.29, 1.82) is 0 Å². The van der Waals surface area contributed by atoms with E-state index in [2.05, 4.69) is 14.8 Å². The van der Waals surface area contributed by atoms with Gasteiger partial charge in [-0.05, 0) is 12.8 Å². The van der Waals surface area contributed by atoms with Gasteiger partial charge < -0.3 is 14.7 Å². The molecule has 6 nitrogen and oxygen atoms in total. The van der Waals surface area contributed by atoms with Gasteiger partial charge in [0, 0.05) is 57.5 Å². The Morgan fingerprint density at radius 3 is 2.62 bits per heavy atom. The lowest BCUT2D eigenvalue weighted by Gasteiger charge is -2.41. The van der Waals surface area contributed by atoms with E-state index < -0.39 is 11.4 Å². The number of hydrogen-bond donors (Lipinski definition) is 1. The van der Waals surface area contributed by atoms with E-state index in [1.807, 2.05) is 11.6 Å². The van der Waals surface area contributed by atoms with Crippen molar-refractivity contribution in [2.75, 3.05) is 50.8 Å². The SMILES string of the molecule is O=C(O)C1(CN2CCN(c3nccs3)CC2)CCOCC1. The third-order valence-electron chi connectivity index (χ3n) is 4.49. The monoisotopic (exact) mass is 311 g/mol. The molecule has 0 saturated carbocycles. The van der Waals surface area contributed by atoms with Crippen molar-refractivity contribution < 1.29 is 14.6 Å². The largest absolute Gasteiger partial charge is 0.481 e. The van der Waals surface area contributed by atoms with Crippen molar-refractivity contribution in [3.8, 4) is 0 Å². The number of carbonyl (C=O) groups is 1. The van der Waals surface area contributed by atoms with Crippen LogP contribution in [0, 0.1) is 5.41 Å². The molecule has 3 rings (SSSR count). The van der Waals surface area contributed by atoms with Crippen LogP contribution in [0.15, 0.2) is 11.6 Å². The van der Waals surface area contributed by atoms with Gasteiger partial charge in [-0.15, -0.1) is 11.3 Å². The number of carboxylic acids is 1. The maximum atomic E-state index is 11.7. The minimum Gasteiger partial charge on any atom is -0.481 e. The van der Waals surface area contributed by atoms with E-state index in [0.29, 0.717) is 32.6 Å². The van der Waals surface area contributed by atoms with Crippen molar-refractivity contribution in [2.45, 2.75) is 12.8 Å². The van der Waals surface area contributed by atoms with Gasteiger partial charge >= 0.3 is 5.97 Å². The normalized spacial score (nSPS) is 23.1. The zero-order valence-corrected chi connectivity index (χ0v) is 12.8. The fraction of sp³-hybridized carbons (Fsp3) is 0.714. The summed E-state index contributed by atoms with van der Waals surface area (Å²) < 4.78 is 5.33. The second-order valence-electron chi connectivity index (χ2n) is 5.78. The molecule has 0 radical (unpaired) electrons. The molecule has 1 aromatic rings. The molecule has 0 aromatic carbocycles. The number of piperazine rings is 1. The zero-order chi connectivity index (χ0) is 14.7. The van der Waals surface area contributed by atoms with Crippen LogP contribution in [-0.4, -0.2) is 66.9 Å². The summed E-state index contributed by atoms with van der Waals surface area (Å²) in [6.45, 7) is 5.39. The summed E-state index contributed by atoms with van der Waals surface area (Å²) in [7, 11) is 0. The lowest BCUT2D eigenvalue weighted by molar-refractivity contribution is -0.156. The Morgan fingerprint density at radius 1 is 1.33 bits per heavy atom. The maximum Gasteiger partial charge on any atom is 0.311 e. The second-order valence-corrected chi connectivity index (χ2v) is 6.65. The Labute approximate surface area is 128 Å². The van der Waals surface area contributed by atoms with Crippen LogP contribution < -0.4 is 4.90 Å². The van der Waals surface area contributed by atoms with E-state index in [9.17, 15) is 9.90 Å². The molecule has 0 aliphatic carbocycles. The van der Waals surface area contributed by atoms with E-state index in [1.54, 1.807) is 11.3 Å². The molecular weight excluding hydrogens is 290 g/mol. The number of aliphatic carboxylic acids is 1. The highest BCUT2D eigenvalue weighted by Gasteiger charge is 2.42. The smallest absolute Gasteiger partial charge is 0.311 e. The van der Waals surface area contributed by atoms with E-state index in [1.165, 1.54) is 0 Å². The second kappa shape index (κ2) is 6.29. The summed E-state index contributed by atoms with van der Waals surface area (Å²) in [6, 6.07) is 0. The Kier molecular flexibility index (Phi) is 4.42. The fourth-order valence-electron chi connectivity index (χ4n) is 3.10. The molecule has 0 unspecified atom stereocenters. The molecule has 7 heteroatoms. The van der Waals surface area contributed by atoms with Gasteiger partial charge in [-0.2, -0.15) is 0 Å². The Morgan fingerprint density at radius 2 is 2.05 bits per heavy atom. The summed E-state index contributed by atoms with van der Waals surface area (Å²) in [5.41, 5.74) is -0.623. The lowest BCUT2D eigenvalue weighted by atomic mass is 9.79. The molecule has 0 bridgehead atoms. The molecule has 2 fully saturated rings. The molecule has 0 spiro atoms. The van der Waals surface area contributed by atoms with Crippen molar-refractivity contribution in [2.24, 2.45) is 5.41 Å². The third-order valence-corrected chi connectivity index (χ3v) is 5.32. The first-order valence-electron chi connectivity index (χ1n) is 7.38. The number of aromatic nitrogens is 1. The van der Waals surface area contributed by atoms with E-state index in [-0.39, 0.29) is 0 Å². The molecule has 0 atom stereocenters. The summed E-state index contributed by atoms with van der Waals surface area (Å²) in [6.07, 6.45) is 3.07. The highest BCUT2D eigenvalue weighted by atomic mass is 32.1. The van der Waals surface area contributed by atoms with Gasteiger partial charge in [0.2, 0.25) is 0 Å². The van der Waals surface area contributed by atoms with Gasteiger partial charge in [-0.3, -0.25) is 9.69 Å². The standard InChI is InChI=1S/C14H21N3O3S/c18-12(19)14(1-8-20-9-2-14)11-16-4-6-17(7-5-16)13-15-3-10-21-13/h3,10H,1-2,4-9,11H2,(H,18,19). The number of hydrogen-bond acceptors (Lipinski definition) is 6. The summed E-state index contributed by atoms with van der Waals surface area (Å²) in [5, 5.41) is 12.7. The van der Waals surface area contributed by atoms with Crippen molar-refractivity contribution in [1.82, 2.24) is 9.88 Å². The van der Waals surface area contributed by atoms with Gasteiger partial charge in [-0.25, -0.2) is 4.98 Å². The van der Waals surface area contributed by atoms with Crippen LogP contribution in [0.4, 0.5) is 5.13 Å². The Bertz CT molecular complexity index is 466. The molecule has 2 aliphatic heterocycles. The highest BCUT2D eigenvalue weighted by molar-refractivity contribution is 7.13. The highest BCUT2D eigenvalue weighted by Crippen LogP contribution is 2.32. The number of ether oxygens (including phenoxy) is 1. The van der Waals surface area contributed by atoms with Crippen LogP contribution in [0.2, 0.25) is 0 Å². The molecule has 3 heterocycles. The summed E-state index contributed by atoms with van der Waals surface area (Å²) >= 11 is 1.66. The average Bonchev–Trinajstić information content (AvgIpc) is 3.03. The fourth-order valence-corrected chi connectivity index (χ4v) is 3.80. The first-order valence-corrected chi connectivity index (χ1v) is 8.26. The number of nitrogens with zero attached hydrogens (tertiary/aromatic N) is 3. The van der Waals surface area contributed by atoms with Crippen molar-refractivity contribution >= 4 is 22.4 Å². The molecule has 1 aromatic heterocycles. The average molecular weight is 311 g/mol. The molecule has 2 aliphatic rings. The van der Waals surface area contributed by atoms with Gasteiger partial charge in [-0.1, -0.05) is 0 Å². The van der Waals surface area contributed by atoms with Gasteiger partial charge in [0.05, 0.1) is 5.41 Å². The van der Waals surface area contributed by atoms with Crippen molar-refractivity contribution in [3.05, 3.63) is 11.6 Å². The van der Waals surface area contributed by atoms with Crippen LogP contribution in [0.1, 0.15) is 12.8 Å². The van der Waals surface area contributed by atoms with Crippen LogP contribution in [-0.2, 0) is 9.53 Å². The van der Waals surface area contributed by atoms with E-state index in [4.69, 9.17) is 4.74 Å². The minimum atomic E-state index is -0.673. The van der Waals surface area contributed by atoms with Gasteiger partial charge in [0.25, 0.3) is 0 Å². The first-order chi connectivity index (χ1) is 10.2. The summed E-state index contributed by atoms with van der Waals surface area (Å²) in [4.78, 5) is 20.6. The van der Waals surface area contributed by atoms with Crippen LogP contribution in [0.3, 0.4) is 0 Å². The Hall–Kier alpha value is -1.18. The summed E-state index contributed by atoms with van der Waals surface area (Å²) in [5.74, 6) is -0.673. The maximum absolute atomic E-state index is 11.7. The topological polar surface area (TPSA) is 65.9 Å². The zero-order valence-electron chi connectivity index (χ0n) is 12.0. The molecule has 1 N–H and O–H groups in total. The van der Waals surface area contributed by atoms with Crippen molar-refractivity contribution in [3.63, 3.8) is 0 Å². The third kappa shape index (κ3) is 3.20. The number of rotatable bonds is 4. The van der Waals surface area contributed by atoms with Crippen LogP contribution >= 0.6 is 11.3 Å². The van der Waals surface area contributed by atoms with Crippen LogP contribution in [0.25, 0.3) is 0 Å². The van der Waals surface area contributed by atoms with E-state index >= 15 is 0 Å². The molecular formula is C14H21N3O3S. The minimum absolute atomic E-state index is 0.561. The van der Waals surface area contributed by atoms with Gasteiger partial charge in [0.15, 0.2) is 5.13 Å².